The van der Waals surface area contributed by atoms with Crippen LogP contribution in [0.4, 0.5) is 22.9 Å². The predicted octanol–water partition coefficient (Wildman–Crippen LogP) is 5.79. The van der Waals surface area contributed by atoms with E-state index in [-0.39, 0.29) is 5.91 Å². The summed E-state index contributed by atoms with van der Waals surface area (Å²) in [7, 11) is 0. The van der Waals surface area contributed by atoms with E-state index in [1.807, 2.05) is 19.1 Å². The fraction of sp³-hybridized carbons (Fsp3) is 0.276. The normalized spacial score (nSPS) is 16.4. The summed E-state index contributed by atoms with van der Waals surface area (Å²) in [4.78, 5) is 24.3. The molecule has 4 heterocycles. The number of piperidine rings is 1. The molecule has 1 spiro atoms. The summed E-state index contributed by atoms with van der Waals surface area (Å²) in [5.41, 5.74) is 8.37. The minimum Gasteiger partial charge on any atom is -0.371 e. The molecule has 4 aromatic rings. The van der Waals surface area contributed by atoms with Crippen LogP contribution in [0, 0.1) is 20.8 Å². The van der Waals surface area contributed by atoms with E-state index in [9.17, 15) is 4.79 Å². The summed E-state index contributed by atoms with van der Waals surface area (Å²) >= 11 is 0. The first-order chi connectivity index (χ1) is 16.9. The number of aryl methyl sites for hydroxylation is 3. The van der Waals surface area contributed by atoms with Crippen molar-refractivity contribution in [2.75, 3.05) is 28.6 Å². The van der Waals surface area contributed by atoms with E-state index >= 15 is 0 Å². The molecule has 2 aromatic carbocycles. The molecule has 2 aliphatic rings. The van der Waals surface area contributed by atoms with Crippen LogP contribution in [0.1, 0.15) is 35.2 Å². The SMILES string of the molecule is Cc1cc(C)c2nc(C)cc(Nc3ccc(N4CCC5(CC4)C(=O)Nc4ncccc45)cc3)c2c1. The molecule has 6 heteroatoms. The summed E-state index contributed by atoms with van der Waals surface area (Å²) < 4.78 is 0. The first-order valence-electron chi connectivity index (χ1n) is 12.2. The number of aromatic nitrogens is 2. The zero-order valence-electron chi connectivity index (χ0n) is 20.4. The van der Waals surface area contributed by atoms with Crippen LogP contribution in [0.25, 0.3) is 10.9 Å². The van der Waals surface area contributed by atoms with Crippen LogP contribution in [0.2, 0.25) is 0 Å². The number of pyridine rings is 2. The van der Waals surface area contributed by atoms with Crippen LogP contribution in [-0.4, -0.2) is 29.0 Å². The van der Waals surface area contributed by atoms with E-state index in [0.717, 1.165) is 65.3 Å². The summed E-state index contributed by atoms with van der Waals surface area (Å²) in [5.74, 6) is 0.821. The Morgan fingerprint density at radius 1 is 1.00 bits per heavy atom. The van der Waals surface area contributed by atoms with Crippen molar-refractivity contribution in [3.63, 3.8) is 0 Å². The molecule has 2 N–H and O–H groups in total. The van der Waals surface area contributed by atoms with Gasteiger partial charge in [0, 0.05) is 53.0 Å². The minimum absolute atomic E-state index is 0.0933. The number of anilines is 4. The van der Waals surface area contributed by atoms with Crippen molar-refractivity contribution in [3.05, 3.63) is 83.2 Å². The summed E-state index contributed by atoms with van der Waals surface area (Å²) in [6.45, 7) is 7.95. The molecule has 35 heavy (non-hydrogen) atoms. The lowest BCUT2D eigenvalue weighted by atomic mass is 9.74. The number of benzene rings is 2. The van der Waals surface area contributed by atoms with Crippen LogP contribution in [0.3, 0.4) is 0 Å². The molecule has 1 fully saturated rings. The molecule has 0 saturated carbocycles. The fourth-order valence-electron chi connectivity index (χ4n) is 5.71. The molecule has 2 aliphatic heterocycles. The standard InChI is InChI=1S/C29H29N5O/c1-18-15-19(2)26-23(16-18)25(17-20(3)31-26)32-21-6-8-22(9-7-21)34-13-10-29(11-14-34)24-5-4-12-30-27(24)33-28(29)35/h4-9,12,15-17H,10-11,13-14H2,1-3H3,(H,31,32)(H,30,33,35). The maximum Gasteiger partial charge on any atom is 0.236 e. The van der Waals surface area contributed by atoms with E-state index in [4.69, 9.17) is 4.98 Å². The molecule has 0 radical (unpaired) electrons. The monoisotopic (exact) mass is 463 g/mol. The first-order valence-corrected chi connectivity index (χ1v) is 12.2. The van der Waals surface area contributed by atoms with Crippen molar-refractivity contribution >= 4 is 39.7 Å². The number of nitrogens with one attached hydrogen (secondary N) is 2. The van der Waals surface area contributed by atoms with E-state index in [1.165, 1.54) is 16.8 Å². The third-order valence-electron chi connectivity index (χ3n) is 7.49. The van der Waals surface area contributed by atoms with Crippen LogP contribution in [0.15, 0.2) is 60.8 Å². The summed E-state index contributed by atoms with van der Waals surface area (Å²) in [5, 5.41) is 7.74. The highest BCUT2D eigenvalue weighted by Crippen LogP contribution is 2.44. The van der Waals surface area contributed by atoms with Gasteiger partial charge < -0.3 is 15.5 Å². The molecule has 0 aliphatic carbocycles. The molecular weight excluding hydrogens is 434 g/mol. The van der Waals surface area contributed by atoms with Gasteiger partial charge in [-0.15, -0.1) is 0 Å². The van der Waals surface area contributed by atoms with Gasteiger partial charge in [0.15, 0.2) is 0 Å². The molecule has 0 unspecified atom stereocenters. The molecule has 1 saturated heterocycles. The van der Waals surface area contributed by atoms with Crippen molar-refractivity contribution in [1.29, 1.82) is 0 Å². The molecule has 2 aromatic heterocycles. The highest BCUT2D eigenvalue weighted by Gasteiger charge is 2.48. The summed E-state index contributed by atoms with van der Waals surface area (Å²) in [6, 6.07) is 19.0. The molecule has 6 rings (SSSR count). The van der Waals surface area contributed by atoms with Crippen LogP contribution < -0.4 is 15.5 Å². The smallest absolute Gasteiger partial charge is 0.236 e. The van der Waals surface area contributed by atoms with Crippen molar-refractivity contribution < 1.29 is 4.79 Å². The van der Waals surface area contributed by atoms with Crippen molar-refractivity contribution in [1.82, 2.24) is 9.97 Å². The zero-order valence-corrected chi connectivity index (χ0v) is 20.4. The van der Waals surface area contributed by atoms with Gasteiger partial charge in [0.25, 0.3) is 0 Å². The first kappa shape index (κ1) is 21.6. The van der Waals surface area contributed by atoms with E-state index in [2.05, 4.69) is 76.8 Å². The Labute approximate surface area is 205 Å². The Hall–Kier alpha value is -3.93. The van der Waals surface area contributed by atoms with Gasteiger partial charge in [-0.25, -0.2) is 4.98 Å². The second-order valence-corrected chi connectivity index (χ2v) is 9.88. The average molecular weight is 464 g/mol. The number of hydrogen-bond donors (Lipinski definition) is 2. The van der Waals surface area contributed by atoms with Gasteiger partial charge in [0.05, 0.1) is 10.9 Å². The third kappa shape index (κ3) is 3.60. The maximum atomic E-state index is 12.8. The van der Waals surface area contributed by atoms with Crippen LogP contribution in [-0.2, 0) is 10.2 Å². The fourth-order valence-corrected chi connectivity index (χ4v) is 5.71. The zero-order chi connectivity index (χ0) is 24.2. The number of carbonyl (C=O) groups is 1. The number of nitrogens with zero attached hydrogens (tertiary/aromatic N) is 3. The maximum absolute atomic E-state index is 12.8. The van der Waals surface area contributed by atoms with Crippen molar-refractivity contribution in [3.8, 4) is 0 Å². The number of hydrogen-bond acceptors (Lipinski definition) is 5. The number of fused-ring (bicyclic) bond motifs is 3. The molecule has 0 bridgehead atoms. The highest BCUT2D eigenvalue weighted by atomic mass is 16.2. The number of carbonyl (C=O) groups excluding carboxylic acids is 1. The average Bonchev–Trinajstić information content (AvgIpc) is 3.12. The van der Waals surface area contributed by atoms with Gasteiger partial charge in [-0.3, -0.25) is 9.78 Å². The molecule has 1 amide bonds. The second-order valence-electron chi connectivity index (χ2n) is 9.88. The second kappa shape index (κ2) is 8.08. The summed E-state index contributed by atoms with van der Waals surface area (Å²) in [6.07, 6.45) is 3.32. The quantitative estimate of drug-likeness (QED) is 0.402. The van der Waals surface area contributed by atoms with Crippen molar-refractivity contribution in [2.24, 2.45) is 0 Å². The van der Waals surface area contributed by atoms with E-state index < -0.39 is 5.41 Å². The van der Waals surface area contributed by atoms with Gasteiger partial charge in [-0.2, -0.15) is 0 Å². The topological polar surface area (TPSA) is 70.2 Å². The Morgan fingerprint density at radius 2 is 1.77 bits per heavy atom. The van der Waals surface area contributed by atoms with Gasteiger partial charge >= 0.3 is 0 Å². The lowest BCUT2D eigenvalue weighted by molar-refractivity contribution is -0.121. The lowest BCUT2D eigenvalue weighted by Gasteiger charge is -2.39. The highest BCUT2D eigenvalue weighted by molar-refractivity contribution is 6.05. The van der Waals surface area contributed by atoms with Gasteiger partial charge in [-0.1, -0.05) is 17.7 Å². The predicted molar refractivity (Wildman–Crippen MR) is 142 cm³/mol. The Kier molecular flexibility index (Phi) is 4.99. The van der Waals surface area contributed by atoms with Crippen LogP contribution >= 0.6 is 0 Å². The molecule has 6 nitrogen and oxygen atoms in total. The third-order valence-corrected chi connectivity index (χ3v) is 7.49. The van der Waals surface area contributed by atoms with Crippen LogP contribution in [0.5, 0.6) is 0 Å². The minimum atomic E-state index is -0.446. The number of rotatable bonds is 3. The molecular formula is C29H29N5O. The lowest BCUT2D eigenvalue weighted by Crippen LogP contribution is -2.46. The van der Waals surface area contributed by atoms with Gasteiger partial charge in [0.1, 0.15) is 5.82 Å². The Balaban J connectivity index is 1.21. The van der Waals surface area contributed by atoms with Gasteiger partial charge in [0.2, 0.25) is 5.91 Å². The Morgan fingerprint density at radius 3 is 2.54 bits per heavy atom. The van der Waals surface area contributed by atoms with Crippen molar-refractivity contribution in [2.45, 2.75) is 39.0 Å². The van der Waals surface area contributed by atoms with Gasteiger partial charge in [-0.05, 0) is 81.6 Å². The number of amides is 1. The van der Waals surface area contributed by atoms with E-state index in [1.54, 1.807) is 6.20 Å². The molecule has 0 atom stereocenters. The molecule has 176 valence electrons. The Bertz CT molecular complexity index is 1450. The largest absolute Gasteiger partial charge is 0.371 e. The van der Waals surface area contributed by atoms with E-state index in [0.29, 0.717) is 0 Å².